The van der Waals surface area contributed by atoms with Crippen molar-refractivity contribution in [2.75, 3.05) is 19.8 Å². The first kappa shape index (κ1) is 15.5. The van der Waals surface area contributed by atoms with Gasteiger partial charge in [0.05, 0.1) is 24.3 Å². The van der Waals surface area contributed by atoms with Crippen molar-refractivity contribution in [1.82, 2.24) is 14.9 Å². The van der Waals surface area contributed by atoms with E-state index < -0.39 is 0 Å². The molecule has 0 aliphatic carbocycles. The van der Waals surface area contributed by atoms with Crippen LogP contribution in [-0.4, -0.2) is 46.1 Å². The Morgan fingerprint density at radius 1 is 1.25 bits per heavy atom. The first-order chi connectivity index (χ1) is 11.7. The Morgan fingerprint density at radius 3 is 2.62 bits per heavy atom. The number of aryl methyl sites for hydroxylation is 2. The Bertz CT molecular complexity index is 754. The lowest BCUT2D eigenvalue weighted by Gasteiger charge is -2.57. The smallest absolute Gasteiger partial charge is 0.257 e. The van der Waals surface area contributed by atoms with Crippen molar-refractivity contribution >= 4 is 17.5 Å². The van der Waals surface area contributed by atoms with Gasteiger partial charge in [-0.05, 0) is 30.5 Å². The molecule has 1 aromatic carbocycles. The normalized spacial score (nSPS) is 18.1. The van der Waals surface area contributed by atoms with E-state index >= 15 is 0 Å². The maximum Gasteiger partial charge on any atom is 0.257 e. The summed E-state index contributed by atoms with van der Waals surface area (Å²) >= 11 is 5.99. The molecule has 2 fully saturated rings. The van der Waals surface area contributed by atoms with E-state index in [1.807, 2.05) is 29.2 Å². The van der Waals surface area contributed by atoms with Crippen LogP contribution in [0.4, 0.5) is 0 Å². The number of benzene rings is 1. The van der Waals surface area contributed by atoms with Crippen LogP contribution >= 0.6 is 11.6 Å². The lowest BCUT2D eigenvalue weighted by atomic mass is 9.82. The number of aromatic nitrogens is 2. The molecular weight excluding hydrogens is 326 g/mol. The molecule has 0 atom stereocenters. The van der Waals surface area contributed by atoms with E-state index in [2.05, 4.69) is 9.97 Å². The van der Waals surface area contributed by atoms with Crippen LogP contribution in [0.3, 0.4) is 0 Å². The molecule has 124 valence electrons. The number of carbonyl (C=O) groups excluding carboxylic acids is 1. The van der Waals surface area contributed by atoms with Crippen molar-refractivity contribution < 1.29 is 9.53 Å². The molecule has 2 aliphatic rings. The number of nitrogens with zero attached hydrogens (tertiary/aromatic N) is 3. The van der Waals surface area contributed by atoms with E-state index in [0.29, 0.717) is 18.8 Å². The predicted octanol–water partition coefficient (Wildman–Crippen LogP) is 2.53. The molecule has 0 N–H and O–H groups in total. The van der Waals surface area contributed by atoms with Crippen LogP contribution in [0.2, 0.25) is 5.02 Å². The number of carbonyl (C=O) groups is 1. The third-order valence-electron chi connectivity index (χ3n) is 4.84. The largest absolute Gasteiger partial charge is 0.376 e. The van der Waals surface area contributed by atoms with E-state index in [1.54, 1.807) is 12.4 Å². The van der Waals surface area contributed by atoms with Crippen LogP contribution < -0.4 is 0 Å². The second kappa shape index (κ2) is 6.15. The number of halogens is 1. The fourth-order valence-electron chi connectivity index (χ4n) is 3.19. The highest BCUT2D eigenvalue weighted by atomic mass is 35.5. The Morgan fingerprint density at radius 2 is 2.04 bits per heavy atom. The first-order valence-corrected chi connectivity index (χ1v) is 8.49. The molecule has 1 spiro atoms. The van der Waals surface area contributed by atoms with Gasteiger partial charge >= 0.3 is 0 Å². The average Bonchev–Trinajstić information content (AvgIpc) is 2.51. The molecule has 1 amide bonds. The minimum absolute atomic E-state index is 0.00550. The Kier molecular flexibility index (Phi) is 3.98. The van der Waals surface area contributed by atoms with Gasteiger partial charge in [0, 0.05) is 30.4 Å². The lowest BCUT2D eigenvalue weighted by molar-refractivity contribution is -0.172. The zero-order valence-corrected chi connectivity index (χ0v) is 14.0. The summed E-state index contributed by atoms with van der Waals surface area (Å²) in [5, 5.41) is 0.734. The van der Waals surface area contributed by atoms with Crippen molar-refractivity contribution in [3.05, 3.63) is 58.6 Å². The molecule has 5 nitrogen and oxygen atoms in total. The van der Waals surface area contributed by atoms with Crippen LogP contribution in [0.15, 0.2) is 36.7 Å². The quantitative estimate of drug-likeness (QED) is 0.856. The number of amides is 1. The SMILES string of the molecule is O=C(c1cnc(CCc2cccc(Cl)c2)nc1)N1CCC12COC2. The van der Waals surface area contributed by atoms with Gasteiger partial charge in [-0.25, -0.2) is 9.97 Å². The van der Waals surface area contributed by atoms with Crippen LogP contribution in [0.5, 0.6) is 0 Å². The zero-order valence-electron chi connectivity index (χ0n) is 13.2. The van der Waals surface area contributed by atoms with Crippen molar-refractivity contribution in [1.29, 1.82) is 0 Å². The molecule has 0 saturated carbocycles. The molecule has 0 bridgehead atoms. The van der Waals surface area contributed by atoms with Crippen LogP contribution in [-0.2, 0) is 17.6 Å². The maximum atomic E-state index is 12.5. The average molecular weight is 344 g/mol. The summed E-state index contributed by atoms with van der Waals surface area (Å²) < 4.78 is 5.26. The molecule has 2 aromatic rings. The highest BCUT2D eigenvalue weighted by Gasteiger charge is 2.53. The van der Waals surface area contributed by atoms with E-state index in [-0.39, 0.29) is 11.4 Å². The van der Waals surface area contributed by atoms with Crippen LogP contribution in [0.1, 0.15) is 28.2 Å². The Balaban J connectivity index is 1.38. The van der Waals surface area contributed by atoms with Gasteiger partial charge in [-0.3, -0.25) is 4.79 Å². The molecule has 0 unspecified atom stereocenters. The van der Waals surface area contributed by atoms with E-state index in [9.17, 15) is 4.79 Å². The molecule has 24 heavy (non-hydrogen) atoms. The third kappa shape index (κ3) is 2.78. The summed E-state index contributed by atoms with van der Waals surface area (Å²) in [4.78, 5) is 23.1. The minimum atomic E-state index is -0.0532. The van der Waals surface area contributed by atoms with Crippen molar-refractivity contribution in [2.24, 2.45) is 0 Å². The van der Waals surface area contributed by atoms with Gasteiger partial charge < -0.3 is 9.64 Å². The number of rotatable bonds is 4. The molecule has 1 aromatic heterocycles. The highest BCUT2D eigenvalue weighted by Crippen LogP contribution is 2.38. The molecule has 6 heteroatoms. The lowest BCUT2D eigenvalue weighted by Crippen LogP contribution is -2.72. The predicted molar refractivity (Wildman–Crippen MR) is 90.1 cm³/mol. The summed E-state index contributed by atoms with van der Waals surface area (Å²) in [6.07, 6.45) is 5.83. The second-order valence-corrected chi connectivity index (χ2v) is 6.88. The van der Waals surface area contributed by atoms with Crippen molar-refractivity contribution in [3.63, 3.8) is 0 Å². The fourth-order valence-corrected chi connectivity index (χ4v) is 3.41. The van der Waals surface area contributed by atoms with Crippen molar-refractivity contribution in [2.45, 2.75) is 24.8 Å². The zero-order chi connectivity index (χ0) is 16.6. The van der Waals surface area contributed by atoms with Gasteiger partial charge in [0.25, 0.3) is 5.91 Å². The first-order valence-electron chi connectivity index (χ1n) is 8.11. The molecule has 3 heterocycles. The summed E-state index contributed by atoms with van der Waals surface area (Å²) in [5.41, 5.74) is 1.65. The number of hydrogen-bond acceptors (Lipinski definition) is 4. The maximum absolute atomic E-state index is 12.5. The summed E-state index contributed by atoms with van der Waals surface area (Å²) in [7, 11) is 0. The topological polar surface area (TPSA) is 55.3 Å². The van der Waals surface area contributed by atoms with Gasteiger partial charge in [0.1, 0.15) is 5.82 Å². The molecule has 4 rings (SSSR count). The molecule has 0 radical (unpaired) electrons. The van der Waals surface area contributed by atoms with Gasteiger partial charge in [-0.15, -0.1) is 0 Å². The van der Waals surface area contributed by atoms with Gasteiger partial charge in [0.2, 0.25) is 0 Å². The molecule has 2 saturated heterocycles. The number of likely N-dealkylation sites (tertiary alicyclic amines) is 1. The third-order valence-corrected chi connectivity index (χ3v) is 5.07. The molecule has 2 aliphatic heterocycles. The monoisotopic (exact) mass is 343 g/mol. The van der Waals surface area contributed by atoms with Gasteiger partial charge in [-0.2, -0.15) is 0 Å². The Hall–Kier alpha value is -1.98. The van der Waals surface area contributed by atoms with Crippen LogP contribution in [0.25, 0.3) is 0 Å². The molecular formula is C18H18ClN3O2. The van der Waals surface area contributed by atoms with Gasteiger partial charge in [-0.1, -0.05) is 23.7 Å². The standard InChI is InChI=1S/C18H18ClN3O2/c19-15-3-1-2-13(8-15)4-5-16-20-9-14(10-21-16)17(23)22-7-6-18(22)11-24-12-18/h1-3,8-10H,4-7,11-12H2. The highest BCUT2D eigenvalue weighted by molar-refractivity contribution is 6.30. The van der Waals surface area contributed by atoms with E-state index in [1.165, 1.54) is 0 Å². The van der Waals surface area contributed by atoms with Crippen LogP contribution in [0, 0.1) is 0 Å². The van der Waals surface area contributed by atoms with Crippen molar-refractivity contribution in [3.8, 4) is 0 Å². The fraction of sp³-hybridized carbons (Fsp3) is 0.389. The number of ether oxygens (including phenoxy) is 1. The Labute approximate surface area is 145 Å². The van der Waals surface area contributed by atoms with Gasteiger partial charge in [0.15, 0.2) is 0 Å². The number of hydrogen-bond donors (Lipinski definition) is 0. The summed E-state index contributed by atoms with van der Waals surface area (Å²) in [6.45, 7) is 2.09. The second-order valence-electron chi connectivity index (χ2n) is 6.44. The van der Waals surface area contributed by atoms with E-state index in [4.69, 9.17) is 16.3 Å². The summed E-state index contributed by atoms with van der Waals surface area (Å²) in [6, 6.07) is 7.78. The van der Waals surface area contributed by atoms with E-state index in [0.717, 1.165) is 42.2 Å². The summed E-state index contributed by atoms with van der Waals surface area (Å²) in [5.74, 6) is 0.739. The minimum Gasteiger partial charge on any atom is -0.376 e.